The number of benzene rings is 1. The maximum absolute atomic E-state index is 11.5. The number of hydrogen-bond acceptors (Lipinski definition) is 3. The molecule has 1 amide bonds. The summed E-state index contributed by atoms with van der Waals surface area (Å²) in [5.74, 6) is -0.0921. The van der Waals surface area contributed by atoms with Gasteiger partial charge in [-0.1, -0.05) is 17.7 Å². The number of hydrogen-bond donors (Lipinski definition) is 2. The first-order chi connectivity index (χ1) is 9.10. The average molecular weight is 360 g/mol. The zero-order valence-electron chi connectivity index (χ0n) is 10.2. The van der Waals surface area contributed by atoms with E-state index in [-0.39, 0.29) is 5.91 Å². The Balaban J connectivity index is 2.05. The van der Waals surface area contributed by atoms with Gasteiger partial charge in [0.25, 0.3) is 5.91 Å². The summed E-state index contributed by atoms with van der Waals surface area (Å²) in [5.41, 5.74) is 1.54. The fourth-order valence-electron chi connectivity index (χ4n) is 1.58. The van der Waals surface area contributed by atoms with Crippen molar-refractivity contribution < 1.29 is 4.79 Å². The lowest BCUT2D eigenvalue weighted by Gasteiger charge is -2.06. The highest BCUT2D eigenvalue weighted by molar-refractivity contribution is 9.10. The van der Waals surface area contributed by atoms with Crippen LogP contribution in [0.2, 0.25) is 4.34 Å². The van der Waals surface area contributed by atoms with Crippen molar-refractivity contribution in [2.45, 2.75) is 6.54 Å². The van der Waals surface area contributed by atoms with Gasteiger partial charge in [0.15, 0.2) is 0 Å². The summed E-state index contributed by atoms with van der Waals surface area (Å²) >= 11 is 10.9. The standard InChI is InChI=1S/C13H12BrClN2OS/c1-16-13(18)8-3-2-4-9(5-8)17-7-10-6-11(14)12(15)19-10/h2-6,17H,7H2,1H3,(H,16,18). The van der Waals surface area contributed by atoms with Gasteiger partial charge in [-0.2, -0.15) is 0 Å². The van der Waals surface area contributed by atoms with Gasteiger partial charge < -0.3 is 10.6 Å². The highest BCUT2D eigenvalue weighted by Crippen LogP contribution is 2.32. The molecule has 0 aliphatic rings. The normalized spacial score (nSPS) is 10.3. The summed E-state index contributed by atoms with van der Waals surface area (Å²) in [6, 6.07) is 9.37. The SMILES string of the molecule is CNC(=O)c1cccc(NCc2cc(Br)c(Cl)s2)c1. The highest BCUT2D eigenvalue weighted by atomic mass is 79.9. The first kappa shape index (κ1) is 14.4. The number of carbonyl (C=O) groups excluding carboxylic acids is 1. The Labute approximate surface area is 129 Å². The van der Waals surface area contributed by atoms with Crippen LogP contribution in [0, 0.1) is 0 Å². The molecule has 100 valence electrons. The summed E-state index contributed by atoms with van der Waals surface area (Å²) in [6.45, 7) is 0.674. The van der Waals surface area contributed by atoms with Crippen molar-refractivity contribution >= 4 is 50.5 Å². The topological polar surface area (TPSA) is 41.1 Å². The van der Waals surface area contributed by atoms with Gasteiger partial charge in [-0.15, -0.1) is 11.3 Å². The molecule has 2 N–H and O–H groups in total. The molecule has 19 heavy (non-hydrogen) atoms. The van der Waals surface area contributed by atoms with Crippen LogP contribution in [0.4, 0.5) is 5.69 Å². The van der Waals surface area contributed by atoms with Crippen LogP contribution in [0.15, 0.2) is 34.8 Å². The third kappa shape index (κ3) is 3.72. The van der Waals surface area contributed by atoms with Gasteiger partial charge >= 0.3 is 0 Å². The van der Waals surface area contributed by atoms with E-state index < -0.39 is 0 Å². The number of carbonyl (C=O) groups is 1. The highest BCUT2D eigenvalue weighted by Gasteiger charge is 2.06. The van der Waals surface area contributed by atoms with Crippen molar-refractivity contribution in [3.8, 4) is 0 Å². The lowest BCUT2D eigenvalue weighted by molar-refractivity contribution is 0.0963. The van der Waals surface area contributed by atoms with E-state index in [0.717, 1.165) is 19.4 Å². The largest absolute Gasteiger partial charge is 0.380 e. The molecule has 1 aromatic carbocycles. The molecule has 0 bridgehead atoms. The van der Waals surface area contributed by atoms with E-state index in [1.807, 2.05) is 24.3 Å². The Bertz CT molecular complexity index is 581. The molecule has 0 saturated heterocycles. The fraction of sp³-hybridized carbons (Fsp3) is 0.154. The predicted octanol–water partition coefficient (Wildman–Crippen LogP) is 4.14. The molecule has 3 nitrogen and oxygen atoms in total. The van der Waals surface area contributed by atoms with Crippen LogP contribution in [0.1, 0.15) is 15.2 Å². The lowest BCUT2D eigenvalue weighted by atomic mass is 10.2. The van der Waals surface area contributed by atoms with Crippen molar-refractivity contribution in [3.05, 3.63) is 49.6 Å². The summed E-state index contributed by atoms with van der Waals surface area (Å²) < 4.78 is 1.66. The number of anilines is 1. The zero-order valence-corrected chi connectivity index (χ0v) is 13.3. The molecular formula is C13H12BrClN2OS. The van der Waals surface area contributed by atoms with E-state index in [9.17, 15) is 4.79 Å². The summed E-state index contributed by atoms with van der Waals surface area (Å²) in [4.78, 5) is 12.7. The van der Waals surface area contributed by atoms with Gasteiger partial charge in [0.1, 0.15) is 4.34 Å². The maximum Gasteiger partial charge on any atom is 0.251 e. The smallest absolute Gasteiger partial charge is 0.251 e. The lowest BCUT2D eigenvalue weighted by Crippen LogP contribution is -2.17. The van der Waals surface area contributed by atoms with E-state index in [2.05, 4.69) is 26.6 Å². The molecule has 0 aliphatic heterocycles. The van der Waals surface area contributed by atoms with E-state index in [1.54, 1.807) is 13.1 Å². The molecule has 6 heteroatoms. The van der Waals surface area contributed by atoms with E-state index >= 15 is 0 Å². The second-order valence-electron chi connectivity index (χ2n) is 3.85. The first-order valence-corrected chi connectivity index (χ1v) is 7.58. The molecule has 0 fully saturated rings. The summed E-state index contributed by atoms with van der Waals surface area (Å²) in [6.07, 6.45) is 0. The van der Waals surface area contributed by atoms with Crippen LogP contribution >= 0.6 is 38.9 Å². The van der Waals surface area contributed by atoms with Crippen molar-refractivity contribution in [1.29, 1.82) is 0 Å². The predicted molar refractivity (Wildman–Crippen MR) is 84.2 cm³/mol. The molecule has 1 aromatic heterocycles. The first-order valence-electron chi connectivity index (χ1n) is 5.60. The van der Waals surface area contributed by atoms with Crippen molar-refractivity contribution in [2.24, 2.45) is 0 Å². The minimum atomic E-state index is -0.0921. The number of thiophene rings is 1. The molecule has 0 atom stereocenters. The van der Waals surface area contributed by atoms with Crippen LogP contribution in [0.5, 0.6) is 0 Å². The van der Waals surface area contributed by atoms with E-state index in [1.165, 1.54) is 11.3 Å². The number of nitrogens with one attached hydrogen (secondary N) is 2. The summed E-state index contributed by atoms with van der Waals surface area (Å²) in [5, 5.41) is 5.88. The van der Waals surface area contributed by atoms with Gasteiger partial charge in [0.2, 0.25) is 0 Å². The van der Waals surface area contributed by atoms with Crippen molar-refractivity contribution in [3.63, 3.8) is 0 Å². The van der Waals surface area contributed by atoms with Crippen LogP contribution in [-0.2, 0) is 6.54 Å². The second-order valence-corrected chi connectivity index (χ2v) is 6.44. The third-order valence-electron chi connectivity index (χ3n) is 2.51. The Morgan fingerprint density at radius 2 is 2.21 bits per heavy atom. The molecule has 0 aliphatic carbocycles. The average Bonchev–Trinajstić information content (AvgIpc) is 2.75. The quantitative estimate of drug-likeness (QED) is 0.861. The van der Waals surface area contributed by atoms with Crippen molar-refractivity contribution in [2.75, 3.05) is 12.4 Å². The van der Waals surface area contributed by atoms with Crippen molar-refractivity contribution in [1.82, 2.24) is 5.32 Å². The van der Waals surface area contributed by atoms with E-state index in [4.69, 9.17) is 11.6 Å². The number of halogens is 2. The molecular weight excluding hydrogens is 348 g/mol. The van der Waals surface area contributed by atoms with Gasteiger partial charge in [-0.25, -0.2) is 0 Å². The third-order valence-corrected chi connectivity index (χ3v) is 4.99. The van der Waals surface area contributed by atoms with Crippen LogP contribution in [0.25, 0.3) is 0 Å². The minimum Gasteiger partial charge on any atom is -0.380 e. The van der Waals surface area contributed by atoms with Gasteiger partial charge in [-0.05, 0) is 40.2 Å². The monoisotopic (exact) mass is 358 g/mol. The van der Waals surface area contributed by atoms with Gasteiger partial charge in [0.05, 0.1) is 0 Å². The van der Waals surface area contributed by atoms with E-state index in [0.29, 0.717) is 12.1 Å². The molecule has 0 spiro atoms. The molecule has 0 saturated carbocycles. The Hall–Kier alpha value is -1.04. The molecule has 1 heterocycles. The molecule has 0 radical (unpaired) electrons. The number of amides is 1. The second kappa shape index (κ2) is 6.41. The molecule has 2 rings (SSSR count). The van der Waals surface area contributed by atoms with Crippen LogP contribution < -0.4 is 10.6 Å². The van der Waals surface area contributed by atoms with Crippen LogP contribution in [0.3, 0.4) is 0 Å². The Morgan fingerprint density at radius 1 is 1.42 bits per heavy atom. The maximum atomic E-state index is 11.5. The fourth-order valence-corrected chi connectivity index (χ4v) is 3.31. The molecule has 2 aromatic rings. The summed E-state index contributed by atoms with van der Waals surface area (Å²) in [7, 11) is 1.62. The zero-order chi connectivity index (χ0) is 13.8. The van der Waals surface area contributed by atoms with Crippen LogP contribution in [-0.4, -0.2) is 13.0 Å². The Kier molecular flexibility index (Phi) is 4.85. The minimum absolute atomic E-state index is 0.0921. The molecule has 0 unspecified atom stereocenters. The number of rotatable bonds is 4. The Morgan fingerprint density at radius 3 is 2.84 bits per heavy atom. The van der Waals surface area contributed by atoms with Gasteiger partial charge in [-0.3, -0.25) is 4.79 Å². The van der Waals surface area contributed by atoms with Gasteiger partial charge in [0, 0.05) is 34.2 Å².